The molecule has 18 heavy (non-hydrogen) atoms. The van der Waals surface area contributed by atoms with Crippen molar-refractivity contribution in [2.45, 2.75) is 24.0 Å². The fourth-order valence-corrected chi connectivity index (χ4v) is 2.60. The Hall–Kier alpha value is -1.75. The Morgan fingerprint density at radius 3 is 2.22 bits per heavy atom. The van der Waals surface area contributed by atoms with Crippen LogP contribution >= 0.6 is 0 Å². The third-order valence-corrected chi connectivity index (χ3v) is 4.83. The number of sulfone groups is 1. The van der Waals surface area contributed by atoms with E-state index in [4.69, 9.17) is 0 Å². The Labute approximate surface area is 107 Å². The predicted molar refractivity (Wildman–Crippen MR) is 69.8 cm³/mol. The number of rotatable bonds is 3. The van der Waals surface area contributed by atoms with Crippen molar-refractivity contribution in [2.24, 2.45) is 0 Å². The van der Waals surface area contributed by atoms with Gasteiger partial charge in [-0.15, -0.1) is 0 Å². The molecule has 0 fully saturated rings. The minimum absolute atomic E-state index is 0.338. The van der Waals surface area contributed by atoms with Gasteiger partial charge in [-0.2, -0.15) is 0 Å². The Morgan fingerprint density at radius 1 is 1.06 bits per heavy atom. The van der Waals surface area contributed by atoms with Crippen LogP contribution in [0, 0.1) is 0 Å². The van der Waals surface area contributed by atoms with Crippen molar-refractivity contribution in [1.82, 2.24) is 9.97 Å². The molecule has 0 aliphatic heterocycles. The zero-order chi connectivity index (χ0) is 13.2. The van der Waals surface area contributed by atoms with Gasteiger partial charge < -0.3 is 0 Å². The van der Waals surface area contributed by atoms with Gasteiger partial charge in [-0.3, -0.25) is 9.97 Å². The van der Waals surface area contributed by atoms with Crippen LogP contribution in [-0.2, 0) is 9.84 Å². The third-order valence-electron chi connectivity index (χ3n) is 2.66. The van der Waals surface area contributed by atoms with Crippen LogP contribution in [0.3, 0.4) is 0 Å². The summed E-state index contributed by atoms with van der Waals surface area (Å²) in [6, 6.07) is 6.72. The van der Waals surface area contributed by atoms with Crippen LogP contribution < -0.4 is 0 Å². The normalized spacial score (nSPS) is 11.7. The molecule has 0 unspecified atom stereocenters. The van der Waals surface area contributed by atoms with Crippen molar-refractivity contribution in [3.05, 3.63) is 42.9 Å². The topological polar surface area (TPSA) is 59.9 Å². The molecular formula is C13H14N2O2S. The summed E-state index contributed by atoms with van der Waals surface area (Å²) in [5, 5.41) is -0.417. The van der Waals surface area contributed by atoms with Crippen LogP contribution in [0.2, 0.25) is 0 Å². The second-order valence-corrected chi connectivity index (χ2v) is 6.71. The molecule has 0 amide bonds. The molecule has 5 heteroatoms. The Balaban J connectivity index is 2.38. The van der Waals surface area contributed by atoms with Gasteiger partial charge in [0.1, 0.15) is 0 Å². The van der Waals surface area contributed by atoms with Crippen molar-refractivity contribution in [3.8, 4) is 11.3 Å². The first-order chi connectivity index (χ1) is 8.51. The Morgan fingerprint density at radius 2 is 1.72 bits per heavy atom. The molecule has 0 saturated carbocycles. The number of hydrogen-bond donors (Lipinski definition) is 0. The highest BCUT2D eigenvalue weighted by molar-refractivity contribution is 7.92. The van der Waals surface area contributed by atoms with Crippen molar-refractivity contribution >= 4 is 9.84 Å². The molecule has 0 N–H and O–H groups in total. The molecule has 1 aromatic heterocycles. The summed E-state index contributed by atoms with van der Waals surface area (Å²) in [6.45, 7) is 3.35. The first-order valence-corrected chi connectivity index (χ1v) is 7.17. The summed E-state index contributed by atoms with van der Waals surface area (Å²) in [6.07, 6.45) is 4.85. The second kappa shape index (κ2) is 4.86. The van der Waals surface area contributed by atoms with Crippen LogP contribution in [0.1, 0.15) is 13.8 Å². The lowest BCUT2D eigenvalue weighted by Gasteiger charge is -2.08. The third kappa shape index (κ3) is 2.41. The van der Waals surface area contributed by atoms with Gasteiger partial charge in [-0.1, -0.05) is 12.1 Å². The van der Waals surface area contributed by atoms with Crippen LogP contribution in [0.4, 0.5) is 0 Å². The van der Waals surface area contributed by atoms with Crippen LogP contribution in [0.5, 0.6) is 0 Å². The van der Waals surface area contributed by atoms with E-state index in [1.165, 1.54) is 0 Å². The van der Waals surface area contributed by atoms with E-state index < -0.39 is 15.1 Å². The molecule has 1 heterocycles. The summed E-state index contributed by atoms with van der Waals surface area (Å²) >= 11 is 0. The van der Waals surface area contributed by atoms with Crippen molar-refractivity contribution in [2.75, 3.05) is 0 Å². The largest absolute Gasteiger partial charge is 0.261 e. The molecular weight excluding hydrogens is 248 g/mol. The van der Waals surface area contributed by atoms with Gasteiger partial charge in [0.2, 0.25) is 0 Å². The highest BCUT2D eigenvalue weighted by Gasteiger charge is 2.18. The standard InChI is InChI=1S/C13H14N2O2S/c1-10(2)18(16,17)12-5-3-11(4-6-12)13-9-14-7-8-15-13/h3-10H,1-2H3. The summed E-state index contributed by atoms with van der Waals surface area (Å²) in [5.74, 6) is 0. The monoisotopic (exact) mass is 262 g/mol. The SMILES string of the molecule is CC(C)S(=O)(=O)c1ccc(-c2cnccn2)cc1. The average Bonchev–Trinajstić information content (AvgIpc) is 2.40. The minimum atomic E-state index is -3.21. The van der Waals surface area contributed by atoms with Gasteiger partial charge in [0.25, 0.3) is 0 Å². The van der Waals surface area contributed by atoms with Gasteiger partial charge in [0.15, 0.2) is 9.84 Å². The van der Waals surface area contributed by atoms with Crippen LogP contribution in [0.15, 0.2) is 47.8 Å². The molecule has 0 saturated heterocycles. The summed E-state index contributed by atoms with van der Waals surface area (Å²) in [7, 11) is -3.21. The van der Waals surface area contributed by atoms with E-state index in [9.17, 15) is 8.42 Å². The van der Waals surface area contributed by atoms with E-state index >= 15 is 0 Å². The first-order valence-electron chi connectivity index (χ1n) is 5.62. The molecule has 94 valence electrons. The zero-order valence-electron chi connectivity index (χ0n) is 10.2. The van der Waals surface area contributed by atoms with E-state index in [1.54, 1.807) is 56.7 Å². The van der Waals surface area contributed by atoms with E-state index in [-0.39, 0.29) is 0 Å². The smallest absolute Gasteiger partial charge is 0.180 e. The number of benzene rings is 1. The predicted octanol–water partition coefficient (Wildman–Crippen LogP) is 2.33. The van der Waals surface area contributed by atoms with E-state index in [0.29, 0.717) is 4.90 Å². The summed E-state index contributed by atoms with van der Waals surface area (Å²) in [5.41, 5.74) is 1.58. The summed E-state index contributed by atoms with van der Waals surface area (Å²) < 4.78 is 23.9. The lowest BCUT2D eigenvalue weighted by Crippen LogP contribution is -2.13. The van der Waals surface area contributed by atoms with Gasteiger partial charge in [0.05, 0.1) is 22.0 Å². The minimum Gasteiger partial charge on any atom is -0.261 e. The molecule has 0 aliphatic rings. The van der Waals surface area contributed by atoms with Crippen molar-refractivity contribution in [1.29, 1.82) is 0 Å². The molecule has 4 nitrogen and oxygen atoms in total. The highest BCUT2D eigenvalue weighted by atomic mass is 32.2. The van der Waals surface area contributed by atoms with E-state index in [0.717, 1.165) is 11.3 Å². The lowest BCUT2D eigenvalue weighted by molar-refractivity contribution is 0.587. The lowest BCUT2D eigenvalue weighted by atomic mass is 10.2. The van der Waals surface area contributed by atoms with Crippen LogP contribution in [-0.4, -0.2) is 23.6 Å². The van der Waals surface area contributed by atoms with Gasteiger partial charge in [-0.05, 0) is 26.0 Å². The zero-order valence-corrected chi connectivity index (χ0v) is 11.1. The van der Waals surface area contributed by atoms with Gasteiger partial charge >= 0.3 is 0 Å². The maximum Gasteiger partial charge on any atom is 0.180 e. The number of nitrogens with zero attached hydrogens (tertiary/aromatic N) is 2. The van der Waals surface area contributed by atoms with Crippen molar-refractivity contribution in [3.63, 3.8) is 0 Å². The molecule has 0 bridgehead atoms. The van der Waals surface area contributed by atoms with Gasteiger partial charge in [0, 0.05) is 18.0 Å². The molecule has 0 atom stereocenters. The highest BCUT2D eigenvalue weighted by Crippen LogP contribution is 2.21. The molecule has 0 aliphatic carbocycles. The Kier molecular flexibility index (Phi) is 3.43. The molecule has 0 spiro atoms. The number of aromatic nitrogens is 2. The average molecular weight is 262 g/mol. The van der Waals surface area contributed by atoms with Crippen LogP contribution in [0.25, 0.3) is 11.3 Å². The van der Waals surface area contributed by atoms with Crippen molar-refractivity contribution < 1.29 is 8.42 Å². The molecule has 0 radical (unpaired) electrons. The maximum atomic E-state index is 12.0. The van der Waals surface area contributed by atoms with E-state index in [1.807, 2.05) is 0 Å². The summed E-state index contributed by atoms with van der Waals surface area (Å²) in [4.78, 5) is 8.48. The molecule has 2 aromatic rings. The van der Waals surface area contributed by atoms with E-state index in [2.05, 4.69) is 9.97 Å². The first kappa shape index (κ1) is 12.7. The number of hydrogen-bond acceptors (Lipinski definition) is 4. The fraction of sp³-hybridized carbons (Fsp3) is 0.231. The molecule has 2 rings (SSSR count). The maximum absolute atomic E-state index is 12.0. The van der Waals surface area contributed by atoms with Gasteiger partial charge in [-0.25, -0.2) is 8.42 Å². The quantitative estimate of drug-likeness (QED) is 0.851. The Bertz CT molecular complexity index is 620. The second-order valence-electron chi connectivity index (χ2n) is 4.21. The fourth-order valence-electron chi connectivity index (χ4n) is 1.54. The molecule has 1 aromatic carbocycles.